The second kappa shape index (κ2) is 4.07. The van der Waals surface area contributed by atoms with E-state index in [4.69, 9.17) is 16.3 Å². The molecule has 0 bridgehead atoms. The van der Waals surface area contributed by atoms with Crippen molar-refractivity contribution >= 4 is 22.7 Å². The first-order valence-electron chi connectivity index (χ1n) is 5.45. The molecule has 86 valence electrons. The summed E-state index contributed by atoms with van der Waals surface area (Å²) in [5, 5.41) is 7.95. The Morgan fingerprint density at radius 3 is 3.06 bits per heavy atom. The monoisotopic (exact) mass is 240 g/mol. The second-order valence-corrected chi connectivity index (χ2v) is 4.40. The van der Waals surface area contributed by atoms with Crippen LogP contribution in [0.4, 0.5) is 5.82 Å². The number of aliphatic imine (C=N–C) groups is 1. The maximum atomic E-state index is 5.89. The number of fused-ring (bicyclic) bond motifs is 1. The lowest BCUT2D eigenvalue weighted by atomic mass is 10.1. The molecule has 0 radical (unpaired) electrons. The molecule has 3 rings (SSSR count). The summed E-state index contributed by atoms with van der Waals surface area (Å²) < 4.78 is 7.37. The lowest BCUT2D eigenvalue weighted by Gasteiger charge is -2.25. The van der Waals surface area contributed by atoms with Crippen LogP contribution in [0.1, 0.15) is 24.4 Å². The fourth-order valence-corrected chi connectivity index (χ4v) is 2.30. The van der Waals surface area contributed by atoms with Crippen LogP contribution in [-0.2, 0) is 11.3 Å². The Balaban J connectivity index is 1.89. The molecular formula is C10H13ClN4O. The third-order valence-corrected chi connectivity index (χ3v) is 3.23. The molecule has 0 saturated carbocycles. The molecule has 1 fully saturated rings. The minimum atomic E-state index is 0.410. The molecule has 1 aromatic heterocycles. The number of nitrogens with one attached hydrogen (secondary N) is 1. The van der Waals surface area contributed by atoms with Gasteiger partial charge < -0.3 is 10.1 Å². The molecule has 0 amide bonds. The van der Waals surface area contributed by atoms with Crippen LogP contribution in [0.3, 0.4) is 0 Å². The van der Waals surface area contributed by atoms with E-state index in [0.717, 1.165) is 37.4 Å². The molecule has 0 spiro atoms. The van der Waals surface area contributed by atoms with Crippen LogP contribution in [0.15, 0.2) is 11.2 Å². The Bertz CT molecular complexity index is 422. The van der Waals surface area contributed by atoms with Crippen molar-refractivity contribution in [3.63, 3.8) is 0 Å². The van der Waals surface area contributed by atoms with Crippen molar-refractivity contribution in [2.75, 3.05) is 18.5 Å². The molecular weight excluding hydrogens is 228 g/mol. The van der Waals surface area contributed by atoms with Gasteiger partial charge in [-0.1, -0.05) is 0 Å². The molecule has 1 saturated heterocycles. The van der Waals surface area contributed by atoms with Gasteiger partial charge in [-0.3, -0.25) is 4.99 Å². The van der Waals surface area contributed by atoms with E-state index in [1.165, 1.54) is 0 Å². The van der Waals surface area contributed by atoms with Gasteiger partial charge in [-0.25, -0.2) is 4.68 Å². The minimum Gasteiger partial charge on any atom is -0.381 e. The number of rotatable bonds is 1. The fourth-order valence-electron chi connectivity index (χ4n) is 2.15. The first-order chi connectivity index (χ1) is 7.84. The van der Waals surface area contributed by atoms with Crippen molar-refractivity contribution in [3.8, 4) is 0 Å². The number of ether oxygens (including phenoxy) is 1. The Hall–Kier alpha value is -1.07. The van der Waals surface area contributed by atoms with Crippen LogP contribution in [0.25, 0.3) is 0 Å². The highest BCUT2D eigenvalue weighted by Crippen LogP contribution is 2.29. The number of hydrogen-bond donors (Lipinski definition) is 1. The average Bonchev–Trinajstić information content (AvgIpc) is 2.73. The molecule has 1 aromatic rings. The van der Waals surface area contributed by atoms with Gasteiger partial charge in [-0.05, 0) is 24.4 Å². The van der Waals surface area contributed by atoms with Crippen molar-refractivity contribution in [1.82, 2.24) is 9.78 Å². The summed E-state index contributed by atoms with van der Waals surface area (Å²) in [6.07, 6.45) is 3.87. The van der Waals surface area contributed by atoms with Gasteiger partial charge in [0.15, 0.2) is 5.29 Å². The van der Waals surface area contributed by atoms with Crippen LogP contribution in [0.5, 0.6) is 0 Å². The summed E-state index contributed by atoms with van der Waals surface area (Å²) in [6, 6.07) is 0.410. The maximum absolute atomic E-state index is 5.89. The number of aromatic nitrogens is 2. The Labute approximate surface area is 98.4 Å². The molecule has 0 aromatic carbocycles. The number of hydrogen-bond acceptors (Lipinski definition) is 4. The third kappa shape index (κ3) is 1.70. The summed E-state index contributed by atoms with van der Waals surface area (Å²) in [5.41, 5.74) is 1.11. The molecule has 5 nitrogen and oxygen atoms in total. The number of halogens is 1. The highest BCUT2D eigenvalue weighted by Gasteiger charge is 2.23. The van der Waals surface area contributed by atoms with Crippen LogP contribution in [0.2, 0.25) is 0 Å². The standard InChI is InChI=1S/C10H13ClN4O/c11-10-12-5-7-6-13-15(9(7)14-10)8-1-3-16-4-2-8/h6,8H,1-5H2,(H,12,14). The van der Waals surface area contributed by atoms with Crippen LogP contribution >= 0.6 is 11.6 Å². The van der Waals surface area contributed by atoms with Crippen LogP contribution in [0, 0.1) is 0 Å². The van der Waals surface area contributed by atoms with Gasteiger partial charge >= 0.3 is 0 Å². The largest absolute Gasteiger partial charge is 0.381 e. The van der Waals surface area contributed by atoms with E-state index in [1.54, 1.807) is 0 Å². The predicted molar refractivity (Wildman–Crippen MR) is 61.9 cm³/mol. The normalized spacial score (nSPS) is 21.2. The van der Waals surface area contributed by atoms with E-state index in [9.17, 15) is 0 Å². The van der Waals surface area contributed by atoms with Crippen LogP contribution < -0.4 is 5.32 Å². The van der Waals surface area contributed by atoms with Gasteiger partial charge in [0.05, 0.1) is 18.8 Å². The van der Waals surface area contributed by atoms with Gasteiger partial charge in [0, 0.05) is 18.8 Å². The van der Waals surface area contributed by atoms with Gasteiger partial charge in [0.1, 0.15) is 5.82 Å². The molecule has 1 N–H and O–H groups in total. The lowest BCUT2D eigenvalue weighted by molar-refractivity contribution is 0.0668. The van der Waals surface area contributed by atoms with E-state index < -0.39 is 0 Å². The molecule has 2 aliphatic rings. The zero-order valence-electron chi connectivity index (χ0n) is 8.82. The molecule has 0 aliphatic carbocycles. The van der Waals surface area contributed by atoms with Gasteiger partial charge in [-0.15, -0.1) is 0 Å². The summed E-state index contributed by atoms with van der Waals surface area (Å²) in [6.45, 7) is 2.23. The van der Waals surface area contributed by atoms with E-state index in [-0.39, 0.29) is 0 Å². The van der Waals surface area contributed by atoms with Gasteiger partial charge in [-0.2, -0.15) is 5.10 Å². The lowest BCUT2D eigenvalue weighted by Crippen LogP contribution is -2.23. The van der Waals surface area contributed by atoms with Crippen LogP contribution in [-0.4, -0.2) is 28.3 Å². The Kier molecular flexibility index (Phi) is 2.57. The molecule has 6 heteroatoms. The smallest absolute Gasteiger partial charge is 0.197 e. The zero-order chi connectivity index (χ0) is 11.0. The fraction of sp³-hybridized carbons (Fsp3) is 0.600. The number of anilines is 1. The van der Waals surface area contributed by atoms with Gasteiger partial charge in [0.2, 0.25) is 0 Å². The zero-order valence-corrected chi connectivity index (χ0v) is 9.57. The maximum Gasteiger partial charge on any atom is 0.197 e. The van der Waals surface area contributed by atoms with E-state index in [1.807, 2.05) is 10.9 Å². The number of nitrogens with zero attached hydrogens (tertiary/aromatic N) is 3. The Morgan fingerprint density at radius 2 is 2.25 bits per heavy atom. The average molecular weight is 241 g/mol. The van der Waals surface area contributed by atoms with Crippen molar-refractivity contribution < 1.29 is 4.74 Å². The molecule has 0 atom stereocenters. The van der Waals surface area contributed by atoms with Crippen molar-refractivity contribution in [3.05, 3.63) is 11.8 Å². The van der Waals surface area contributed by atoms with Crippen molar-refractivity contribution in [1.29, 1.82) is 0 Å². The van der Waals surface area contributed by atoms with E-state index in [0.29, 0.717) is 17.9 Å². The first-order valence-corrected chi connectivity index (χ1v) is 5.83. The predicted octanol–water partition coefficient (Wildman–Crippen LogP) is 1.75. The summed E-state index contributed by atoms with van der Waals surface area (Å²) in [7, 11) is 0. The van der Waals surface area contributed by atoms with Crippen molar-refractivity contribution in [2.45, 2.75) is 25.4 Å². The van der Waals surface area contributed by atoms with Gasteiger partial charge in [0.25, 0.3) is 0 Å². The second-order valence-electron chi connectivity index (χ2n) is 4.04. The van der Waals surface area contributed by atoms with E-state index in [2.05, 4.69) is 15.4 Å². The number of amidine groups is 1. The summed E-state index contributed by atoms with van der Waals surface area (Å²) in [5.74, 6) is 0.993. The minimum absolute atomic E-state index is 0.410. The summed E-state index contributed by atoms with van der Waals surface area (Å²) >= 11 is 5.89. The van der Waals surface area contributed by atoms with E-state index >= 15 is 0 Å². The highest BCUT2D eigenvalue weighted by atomic mass is 35.5. The molecule has 0 unspecified atom stereocenters. The first kappa shape index (κ1) is 10.1. The molecule has 2 aliphatic heterocycles. The summed E-state index contributed by atoms with van der Waals surface area (Å²) in [4.78, 5) is 4.12. The molecule has 16 heavy (non-hydrogen) atoms. The Morgan fingerprint density at radius 1 is 1.44 bits per heavy atom. The highest BCUT2D eigenvalue weighted by molar-refractivity contribution is 6.67. The quantitative estimate of drug-likeness (QED) is 0.761. The van der Waals surface area contributed by atoms with Crippen molar-refractivity contribution in [2.24, 2.45) is 4.99 Å². The molecule has 3 heterocycles. The SMILES string of the molecule is ClC1=NCc2cnn(C3CCOCC3)c2N1. The topological polar surface area (TPSA) is 51.4 Å². The third-order valence-electron chi connectivity index (χ3n) is 3.02.